The van der Waals surface area contributed by atoms with Crippen molar-refractivity contribution >= 4 is 11.5 Å². The molecule has 2 unspecified atom stereocenters. The molecule has 0 saturated heterocycles. The van der Waals surface area contributed by atoms with E-state index in [1.807, 2.05) is 6.07 Å². The van der Waals surface area contributed by atoms with E-state index in [4.69, 9.17) is 0 Å². The first kappa shape index (κ1) is 19.5. The molecule has 1 heterocycles. The van der Waals surface area contributed by atoms with Gasteiger partial charge < -0.3 is 5.11 Å². The second-order valence-corrected chi connectivity index (χ2v) is 10.8. The zero-order chi connectivity index (χ0) is 21.3. The van der Waals surface area contributed by atoms with Gasteiger partial charge in [0.15, 0.2) is 0 Å². The van der Waals surface area contributed by atoms with Crippen molar-refractivity contribution in [2.45, 2.75) is 70.6 Å². The summed E-state index contributed by atoms with van der Waals surface area (Å²) in [6, 6.07) is 10.6. The Bertz CT molecular complexity index is 1060. The molecule has 0 aliphatic heterocycles. The van der Waals surface area contributed by atoms with Crippen LogP contribution in [-0.4, -0.2) is 16.1 Å². The SMILES string of the molecule is CC1(C)CCC(C)(C)c2cc(C(=C3CCC4CC34)c3ccc(C(=O)O)cn3)ccc21. The predicted octanol–water partition coefficient (Wildman–Crippen LogP) is 6.36. The van der Waals surface area contributed by atoms with Crippen molar-refractivity contribution in [1.29, 1.82) is 0 Å². The Labute approximate surface area is 179 Å². The topological polar surface area (TPSA) is 50.2 Å². The van der Waals surface area contributed by atoms with E-state index in [1.165, 1.54) is 59.7 Å². The smallest absolute Gasteiger partial charge is 0.337 e. The lowest BCUT2D eigenvalue weighted by atomic mass is 9.63. The summed E-state index contributed by atoms with van der Waals surface area (Å²) in [6.45, 7) is 9.45. The third-order valence-electron chi connectivity index (χ3n) is 7.88. The minimum atomic E-state index is -0.927. The van der Waals surface area contributed by atoms with Crippen LogP contribution >= 0.6 is 0 Å². The average molecular weight is 402 g/mol. The third-order valence-corrected chi connectivity index (χ3v) is 7.88. The molecule has 3 aliphatic carbocycles. The van der Waals surface area contributed by atoms with Gasteiger partial charge >= 0.3 is 5.97 Å². The maximum absolute atomic E-state index is 11.3. The number of hydrogen-bond donors (Lipinski definition) is 1. The monoisotopic (exact) mass is 401 g/mol. The summed E-state index contributed by atoms with van der Waals surface area (Å²) >= 11 is 0. The van der Waals surface area contributed by atoms with Crippen LogP contribution in [0.25, 0.3) is 5.57 Å². The van der Waals surface area contributed by atoms with Crippen molar-refractivity contribution in [3.05, 3.63) is 70.0 Å². The van der Waals surface area contributed by atoms with Crippen LogP contribution in [0.3, 0.4) is 0 Å². The highest BCUT2D eigenvalue weighted by Gasteiger charge is 2.46. The van der Waals surface area contributed by atoms with Gasteiger partial charge in [0, 0.05) is 11.8 Å². The van der Waals surface area contributed by atoms with E-state index in [-0.39, 0.29) is 16.4 Å². The summed E-state index contributed by atoms with van der Waals surface area (Å²) in [4.78, 5) is 15.9. The first-order valence-electron chi connectivity index (χ1n) is 11.3. The Morgan fingerprint density at radius 3 is 2.27 bits per heavy atom. The second kappa shape index (κ2) is 6.54. The molecule has 156 valence electrons. The molecular weight excluding hydrogens is 370 g/mol. The fourth-order valence-electron chi connectivity index (χ4n) is 5.74. The van der Waals surface area contributed by atoms with Gasteiger partial charge in [-0.3, -0.25) is 4.98 Å². The van der Waals surface area contributed by atoms with E-state index in [0.29, 0.717) is 5.92 Å². The van der Waals surface area contributed by atoms with Crippen molar-refractivity contribution in [3.63, 3.8) is 0 Å². The minimum absolute atomic E-state index is 0.162. The van der Waals surface area contributed by atoms with Crippen molar-refractivity contribution < 1.29 is 9.90 Å². The number of rotatable bonds is 3. The number of fused-ring (bicyclic) bond motifs is 2. The van der Waals surface area contributed by atoms with Crippen molar-refractivity contribution in [2.24, 2.45) is 11.8 Å². The molecule has 1 aromatic heterocycles. The van der Waals surface area contributed by atoms with Crippen molar-refractivity contribution in [1.82, 2.24) is 4.98 Å². The molecule has 0 bridgehead atoms. The first-order valence-corrected chi connectivity index (χ1v) is 11.3. The summed E-state index contributed by atoms with van der Waals surface area (Å²) in [6.07, 6.45) is 7.62. The molecule has 30 heavy (non-hydrogen) atoms. The van der Waals surface area contributed by atoms with E-state index in [2.05, 4.69) is 50.9 Å². The molecule has 2 saturated carbocycles. The molecule has 3 nitrogen and oxygen atoms in total. The van der Waals surface area contributed by atoms with Gasteiger partial charge in [-0.2, -0.15) is 0 Å². The molecule has 0 amide bonds. The Hall–Kier alpha value is -2.42. The largest absolute Gasteiger partial charge is 0.478 e. The summed E-state index contributed by atoms with van der Waals surface area (Å²) < 4.78 is 0. The standard InChI is InChI=1S/C27H31NO2/c1-26(2)11-12-27(3,4)22-14-17(6-9-21(22)26)24(19-8-5-16-13-20(16)19)23-10-7-18(15-28-23)25(29)30/h6-7,9-10,14-16,20H,5,8,11-13H2,1-4H3,(H,29,30). The number of allylic oxidation sites excluding steroid dienone is 1. The number of hydrogen-bond acceptors (Lipinski definition) is 2. The van der Waals surface area contributed by atoms with Gasteiger partial charge in [-0.15, -0.1) is 0 Å². The maximum atomic E-state index is 11.3. The normalized spacial score (nSPS) is 27.2. The second-order valence-electron chi connectivity index (χ2n) is 10.8. The van der Waals surface area contributed by atoms with Crippen molar-refractivity contribution in [3.8, 4) is 0 Å². The molecule has 1 N–H and O–H groups in total. The van der Waals surface area contributed by atoms with Crippen LogP contribution in [-0.2, 0) is 10.8 Å². The van der Waals surface area contributed by atoms with E-state index in [0.717, 1.165) is 18.0 Å². The molecule has 2 fully saturated rings. The number of carboxylic acids is 1. The first-order chi connectivity index (χ1) is 14.2. The number of carboxylic acid groups (broad SMARTS) is 1. The van der Waals surface area contributed by atoms with Gasteiger partial charge in [0.25, 0.3) is 0 Å². The quantitative estimate of drug-likeness (QED) is 0.651. The minimum Gasteiger partial charge on any atom is -0.478 e. The highest BCUT2D eigenvalue weighted by Crippen LogP contribution is 2.58. The molecule has 0 spiro atoms. The summed E-state index contributed by atoms with van der Waals surface area (Å²) in [7, 11) is 0. The molecule has 2 aromatic rings. The average Bonchev–Trinajstić information content (AvgIpc) is 3.38. The fourth-order valence-corrected chi connectivity index (χ4v) is 5.74. The van der Waals surface area contributed by atoms with Crippen LogP contribution in [0.5, 0.6) is 0 Å². The van der Waals surface area contributed by atoms with Crippen LogP contribution in [0, 0.1) is 11.8 Å². The highest BCUT2D eigenvalue weighted by molar-refractivity contribution is 5.88. The van der Waals surface area contributed by atoms with E-state index < -0.39 is 5.97 Å². The van der Waals surface area contributed by atoms with Crippen LogP contribution in [0.4, 0.5) is 0 Å². The lowest BCUT2D eigenvalue weighted by Gasteiger charge is -2.42. The summed E-state index contributed by atoms with van der Waals surface area (Å²) in [5.74, 6) is 0.617. The van der Waals surface area contributed by atoms with Gasteiger partial charge in [0.2, 0.25) is 0 Å². The van der Waals surface area contributed by atoms with Gasteiger partial charge in [0.1, 0.15) is 0 Å². The summed E-state index contributed by atoms with van der Waals surface area (Å²) in [5.41, 5.74) is 8.48. The highest BCUT2D eigenvalue weighted by atomic mass is 16.4. The third kappa shape index (κ3) is 3.10. The molecule has 1 aromatic carbocycles. The van der Waals surface area contributed by atoms with E-state index >= 15 is 0 Å². The Balaban J connectivity index is 1.67. The van der Waals surface area contributed by atoms with Crippen LogP contribution < -0.4 is 0 Å². The zero-order valence-corrected chi connectivity index (χ0v) is 18.5. The number of aromatic nitrogens is 1. The number of nitrogens with zero attached hydrogens (tertiary/aromatic N) is 1. The number of carbonyl (C=O) groups is 1. The van der Waals surface area contributed by atoms with Crippen LogP contribution in [0.2, 0.25) is 0 Å². The fraction of sp³-hybridized carbons (Fsp3) is 0.481. The summed E-state index contributed by atoms with van der Waals surface area (Å²) in [5, 5.41) is 9.28. The number of pyridine rings is 1. The molecule has 5 rings (SSSR count). The van der Waals surface area contributed by atoms with E-state index in [9.17, 15) is 9.90 Å². The maximum Gasteiger partial charge on any atom is 0.337 e. The van der Waals surface area contributed by atoms with Crippen molar-refractivity contribution in [2.75, 3.05) is 0 Å². The van der Waals surface area contributed by atoms with Gasteiger partial charge in [-0.05, 0) is 83.6 Å². The Morgan fingerprint density at radius 2 is 1.70 bits per heavy atom. The molecule has 0 radical (unpaired) electrons. The lowest BCUT2D eigenvalue weighted by molar-refractivity contribution is 0.0696. The molecule has 3 heteroatoms. The number of aromatic carboxylic acids is 1. The number of benzene rings is 1. The zero-order valence-electron chi connectivity index (χ0n) is 18.5. The molecule has 2 atom stereocenters. The lowest BCUT2D eigenvalue weighted by Crippen LogP contribution is -2.33. The predicted molar refractivity (Wildman–Crippen MR) is 120 cm³/mol. The van der Waals surface area contributed by atoms with Gasteiger partial charge in [-0.25, -0.2) is 4.79 Å². The molecular formula is C27H31NO2. The Morgan fingerprint density at radius 1 is 1.00 bits per heavy atom. The van der Waals surface area contributed by atoms with Crippen LogP contribution in [0.15, 0.2) is 42.1 Å². The Kier molecular flexibility index (Phi) is 4.26. The van der Waals surface area contributed by atoms with E-state index in [1.54, 1.807) is 6.07 Å². The molecule has 3 aliphatic rings. The van der Waals surface area contributed by atoms with Gasteiger partial charge in [0.05, 0.1) is 11.3 Å². The van der Waals surface area contributed by atoms with Gasteiger partial charge in [-0.1, -0.05) is 51.5 Å². The van der Waals surface area contributed by atoms with Crippen LogP contribution in [0.1, 0.15) is 92.5 Å².